The number of hydrogen-bond donors (Lipinski definition) is 0. The Hall–Kier alpha value is -0.780. The van der Waals surface area contributed by atoms with Crippen LogP contribution in [0.5, 0.6) is 0 Å². The summed E-state index contributed by atoms with van der Waals surface area (Å²) in [6.45, 7) is 10.0. The Bertz CT molecular complexity index is 159. The molecule has 0 aliphatic heterocycles. The van der Waals surface area contributed by atoms with Crippen LogP contribution >= 0.6 is 0 Å². The van der Waals surface area contributed by atoms with Gasteiger partial charge in [-0.1, -0.05) is 42.9 Å². The van der Waals surface area contributed by atoms with E-state index in [9.17, 15) is 0 Å². The second-order valence-electron chi connectivity index (χ2n) is 2.57. The molecule has 56 valence electrons. The largest absolute Gasteiger partial charge is 0.0961 e. The van der Waals surface area contributed by atoms with Crippen molar-refractivity contribution in [1.29, 1.82) is 0 Å². The van der Waals surface area contributed by atoms with E-state index in [1.807, 2.05) is 19.1 Å². The van der Waals surface area contributed by atoms with Crippen LogP contribution in [0.25, 0.3) is 0 Å². The highest BCUT2D eigenvalue weighted by Crippen LogP contribution is 1.98. The van der Waals surface area contributed by atoms with E-state index < -0.39 is 0 Å². The summed E-state index contributed by atoms with van der Waals surface area (Å²) in [6.07, 6.45) is 7.30. The number of hydrogen-bond acceptors (Lipinski definition) is 0. The van der Waals surface area contributed by atoms with E-state index in [0.29, 0.717) is 0 Å². The van der Waals surface area contributed by atoms with Crippen LogP contribution in [0.2, 0.25) is 0 Å². The predicted molar refractivity (Wildman–Crippen MR) is 48.0 cm³/mol. The standard InChI is InChI=1S/C10H16/c1-5-10(4)8-6-7-9(2)3/h6-8H,2,5H2,1,3-4H3/b7-6-,10-8+. The van der Waals surface area contributed by atoms with E-state index in [-0.39, 0.29) is 0 Å². The van der Waals surface area contributed by atoms with Gasteiger partial charge >= 0.3 is 0 Å². The number of allylic oxidation sites excluding steroid dienone is 5. The van der Waals surface area contributed by atoms with Gasteiger partial charge in [-0.3, -0.25) is 0 Å². The molecule has 0 saturated carbocycles. The minimum Gasteiger partial charge on any atom is -0.0961 e. The lowest BCUT2D eigenvalue weighted by molar-refractivity contribution is 1.10. The van der Waals surface area contributed by atoms with Gasteiger partial charge in [-0.25, -0.2) is 0 Å². The monoisotopic (exact) mass is 136 g/mol. The summed E-state index contributed by atoms with van der Waals surface area (Å²) >= 11 is 0. The third-order valence-corrected chi connectivity index (χ3v) is 1.32. The van der Waals surface area contributed by atoms with Crippen LogP contribution in [0.1, 0.15) is 27.2 Å². The number of rotatable bonds is 3. The van der Waals surface area contributed by atoms with Crippen molar-refractivity contribution in [3.05, 3.63) is 36.0 Å². The second-order valence-corrected chi connectivity index (χ2v) is 2.57. The molecular formula is C10H16. The molecule has 0 atom stereocenters. The Morgan fingerprint density at radius 1 is 1.40 bits per heavy atom. The molecular weight excluding hydrogens is 120 g/mol. The predicted octanol–water partition coefficient (Wildman–Crippen LogP) is 3.48. The van der Waals surface area contributed by atoms with Crippen molar-refractivity contribution in [1.82, 2.24) is 0 Å². The molecule has 10 heavy (non-hydrogen) atoms. The molecule has 0 nitrogen and oxygen atoms in total. The van der Waals surface area contributed by atoms with Crippen LogP contribution in [0, 0.1) is 0 Å². The summed E-state index contributed by atoms with van der Waals surface area (Å²) in [5, 5.41) is 0. The molecule has 0 amide bonds. The average molecular weight is 136 g/mol. The summed E-state index contributed by atoms with van der Waals surface area (Å²) in [4.78, 5) is 0. The normalized spacial score (nSPS) is 12.5. The van der Waals surface area contributed by atoms with Gasteiger partial charge in [-0.2, -0.15) is 0 Å². The fourth-order valence-electron chi connectivity index (χ4n) is 0.494. The highest BCUT2D eigenvalue weighted by molar-refractivity contribution is 5.19. The third-order valence-electron chi connectivity index (χ3n) is 1.32. The zero-order valence-corrected chi connectivity index (χ0v) is 7.15. The molecule has 0 rings (SSSR count). The summed E-state index contributed by atoms with van der Waals surface area (Å²) in [7, 11) is 0. The third kappa shape index (κ3) is 5.36. The van der Waals surface area contributed by atoms with Crippen LogP contribution < -0.4 is 0 Å². The van der Waals surface area contributed by atoms with Gasteiger partial charge in [0.1, 0.15) is 0 Å². The molecule has 0 fully saturated rings. The molecule has 0 N–H and O–H groups in total. The molecule has 0 unspecified atom stereocenters. The van der Waals surface area contributed by atoms with Gasteiger partial charge in [0.15, 0.2) is 0 Å². The molecule has 0 radical (unpaired) electrons. The zero-order valence-electron chi connectivity index (χ0n) is 7.15. The first-order chi connectivity index (χ1) is 4.66. The van der Waals surface area contributed by atoms with Crippen LogP contribution in [0.4, 0.5) is 0 Å². The Morgan fingerprint density at radius 2 is 2.00 bits per heavy atom. The first kappa shape index (κ1) is 9.22. The lowest BCUT2D eigenvalue weighted by Gasteiger charge is -1.88. The quantitative estimate of drug-likeness (QED) is 0.521. The average Bonchev–Trinajstić information content (AvgIpc) is 1.87. The molecule has 0 aromatic rings. The Morgan fingerprint density at radius 3 is 2.40 bits per heavy atom. The highest BCUT2D eigenvalue weighted by atomic mass is 13.8. The molecule has 0 heteroatoms. The fourth-order valence-corrected chi connectivity index (χ4v) is 0.494. The first-order valence-electron chi connectivity index (χ1n) is 3.66. The van der Waals surface area contributed by atoms with Crippen LogP contribution in [0.3, 0.4) is 0 Å². The SMILES string of the molecule is C=C(C)/C=C\C=C(/C)CC. The van der Waals surface area contributed by atoms with Gasteiger partial charge in [0.05, 0.1) is 0 Å². The Balaban J connectivity index is 3.82. The van der Waals surface area contributed by atoms with Crippen molar-refractivity contribution in [2.24, 2.45) is 0 Å². The summed E-state index contributed by atoms with van der Waals surface area (Å²) < 4.78 is 0. The van der Waals surface area contributed by atoms with Crippen molar-refractivity contribution in [2.45, 2.75) is 27.2 Å². The van der Waals surface area contributed by atoms with E-state index in [1.54, 1.807) is 0 Å². The van der Waals surface area contributed by atoms with Gasteiger partial charge in [0, 0.05) is 0 Å². The smallest absolute Gasteiger partial charge is 0.0349 e. The van der Waals surface area contributed by atoms with Crippen molar-refractivity contribution in [2.75, 3.05) is 0 Å². The summed E-state index contributed by atoms with van der Waals surface area (Å²) in [5.41, 5.74) is 2.50. The maximum atomic E-state index is 3.76. The van der Waals surface area contributed by atoms with E-state index in [1.165, 1.54) is 5.57 Å². The Kier molecular flexibility index (Phi) is 4.65. The van der Waals surface area contributed by atoms with E-state index in [2.05, 4.69) is 26.5 Å². The molecule has 0 saturated heterocycles. The molecule has 0 bridgehead atoms. The fraction of sp³-hybridized carbons (Fsp3) is 0.400. The minimum atomic E-state index is 1.10. The minimum absolute atomic E-state index is 1.10. The summed E-state index contributed by atoms with van der Waals surface area (Å²) in [6, 6.07) is 0. The van der Waals surface area contributed by atoms with Crippen molar-refractivity contribution in [3.8, 4) is 0 Å². The van der Waals surface area contributed by atoms with Gasteiger partial charge in [0.2, 0.25) is 0 Å². The van der Waals surface area contributed by atoms with Crippen molar-refractivity contribution >= 4 is 0 Å². The first-order valence-corrected chi connectivity index (χ1v) is 3.66. The van der Waals surface area contributed by atoms with Gasteiger partial charge in [-0.05, 0) is 20.3 Å². The highest BCUT2D eigenvalue weighted by Gasteiger charge is 1.77. The molecule has 0 aromatic heterocycles. The molecule has 0 aromatic carbocycles. The molecule has 0 aliphatic carbocycles. The molecule has 0 spiro atoms. The van der Waals surface area contributed by atoms with E-state index in [0.717, 1.165) is 12.0 Å². The van der Waals surface area contributed by atoms with Crippen LogP contribution in [-0.4, -0.2) is 0 Å². The van der Waals surface area contributed by atoms with Crippen LogP contribution in [0.15, 0.2) is 36.0 Å². The lowest BCUT2D eigenvalue weighted by atomic mass is 10.2. The maximum Gasteiger partial charge on any atom is -0.0349 e. The molecule has 0 aliphatic rings. The van der Waals surface area contributed by atoms with Gasteiger partial charge in [-0.15, -0.1) is 0 Å². The summed E-state index contributed by atoms with van der Waals surface area (Å²) in [5.74, 6) is 0. The van der Waals surface area contributed by atoms with E-state index >= 15 is 0 Å². The van der Waals surface area contributed by atoms with Gasteiger partial charge < -0.3 is 0 Å². The lowest BCUT2D eigenvalue weighted by Crippen LogP contribution is -1.67. The topological polar surface area (TPSA) is 0 Å². The maximum absolute atomic E-state index is 3.76. The van der Waals surface area contributed by atoms with Crippen molar-refractivity contribution in [3.63, 3.8) is 0 Å². The zero-order chi connectivity index (χ0) is 7.98. The van der Waals surface area contributed by atoms with Crippen LogP contribution in [-0.2, 0) is 0 Å². The van der Waals surface area contributed by atoms with Crippen molar-refractivity contribution < 1.29 is 0 Å². The Labute approximate surface area is 64.0 Å². The van der Waals surface area contributed by atoms with Gasteiger partial charge in [0.25, 0.3) is 0 Å². The molecule has 0 heterocycles. The van der Waals surface area contributed by atoms with E-state index in [4.69, 9.17) is 0 Å². The second kappa shape index (κ2) is 5.04.